The van der Waals surface area contributed by atoms with Gasteiger partial charge in [-0.1, -0.05) is 12.1 Å². The SMILES string of the molecule is OB(O)c1ccc2c(S)csc2c1O. The fourth-order valence-electron chi connectivity index (χ4n) is 1.29. The molecule has 0 aliphatic rings. The summed E-state index contributed by atoms with van der Waals surface area (Å²) in [7, 11) is -1.65. The van der Waals surface area contributed by atoms with Crippen LogP contribution in [0.15, 0.2) is 22.4 Å². The van der Waals surface area contributed by atoms with E-state index in [4.69, 9.17) is 10.0 Å². The maximum Gasteiger partial charge on any atom is 0.492 e. The fraction of sp³-hybridized carbons (Fsp3) is 0. The molecule has 0 spiro atoms. The number of phenols is 1. The second-order valence-electron chi connectivity index (χ2n) is 2.87. The molecule has 1 aromatic heterocycles. The van der Waals surface area contributed by atoms with E-state index in [1.165, 1.54) is 17.4 Å². The van der Waals surface area contributed by atoms with Crippen LogP contribution >= 0.6 is 24.0 Å². The minimum Gasteiger partial charge on any atom is -0.507 e. The highest BCUT2D eigenvalue weighted by Gasteiger charge is 2.18. The van der Waals surface area contributed by atoms with Crippen LogP contribution in [0.25, 0.3) is 10.1 Å². The molecule has 0 fully saturated rings. The van der Waals surface area contributed by atoms with Gasteiger partial charge in [-0.3, -0.25) is 0 Å². The molecule has 0 unspecified atom stereocenters. The number of thiophene rings is 1. The average Bonchev–Trinajstić information content (AvgIpc) is 2.49. The molecule has 0 radical (unpaired) electrons. The summed E-state index contributed by atoms with van der Waals surface area (Å²) in [5.41, 5.74) is 0.118. The Bertz CT molecular complexity index is 481. The smallest absolute Gasteiger partial charge is 0.492 e. The summed E-state index contributed by atoms with van der Waals surface area (Å²) in [4.78, 5) is 0.777. The van der Waals surface area contributed by atoms with Crippen LogP contribution in [0.2, 0.25) is 0 Å². The zero-order valence-corrected chi connectivity index (χ0v) is 8.72. The summed E-state index contributed by atoms with van der Waals surface area (Å²) in [5, 5.41) is 30.2. The molecule has 0 aliphatic heterocycles. The van der Waals surface area contributed by atoms with Crippen LogP contribution in [0.3, 0.4) is 0 Å². The summed E-state index contributed by atoms with van der Waals surface area (Å²) < 4.78 is 0.626. The predicted molar refractivity (Wildman–Crippen MR) is 60.6 cm³/mol. The molecule has 6 heteroatoms. The van der Waals surface area contributed by atoms with E-state index in [0.717, 1.165) is 10.3 Å². The van der Waals surface area contributed by atoms with Gasteiger partial charge in [0.05, 0.1) is 4.70 Å². The van der Waals surface area contributed by atoms with Gasteiger partial charge in [0, 0.05) is 21.1 Å². The van der Waals surface area contributed by atoms with Crippen molar-refractivity contribution in [2.24, 2.45) is 0 Å². The van der Waals surface area contributed by atoms with Gasteiger partial charge >= 0.3 is 7.12 Å². The average molecular weight is 226 g/mol. The van der Waals surface area contributed by atoms with Crippen LogP contribution < -0.4 is 5.46 Å². The number of phenolic OH excluding ortho intramolecular Hbond substituents is 1. The molecule has 3 N–H and O–H groups in total. The first-order valence-corrected chi connectivity index (χ1v) is 5.22. The Labute approximate surface area is 90.2 Å². The summed E-state index contributed by atoms with van der Waals surface area (Å²) >= 11 is 5.53. The lowest BCUT2D eigenvalue weighted by Crippen LogP contribution is -2.29. The van der Waals surface area contributed by atoms with E-state index in [0.29, 0.717) is 4.70 Å². The number of fused-ring (bicyclic) bond motifs is 1. The summed E-state index contributed by atoms with van der Waals surface area (Å²) in [5.74, 6) is -0.0807. The molecule has 3 nitrogen and oxygen atoms in total. The van der Waals surface area contributed by atoms with Gasteiger partial charge in [0.15, 0.2) is 0 Å². The Hall–Kier alpha value is -0.685. The van der Waals surface area contributed by atoms with E-state index in [1.807, 2.05) is 0 Å². The van der Waals surface area contributed by atoms with Crippen molar-refractivity contribution < 1.29 is 15.2 Å². The zero-order chi connectivity index (χ0) is 10.3. The first kappa shape index (κ1) is 9.85. The van der Waals surface area contributed by atoms with Gasteiger partial charge in [0.2, 0.25) is 0 Å². The third-order valence-corrected chi connectivity index (χ3v) is 3.55. The van der Waals surface area contributed by atoms with Crippen molar-refractivity contribution in [1.82, 2.24) is 0 Å². The molecule has 14 heavy (non-hydrogen) atoms. The van der Waals surface area contributed by atoms with Gasteiger partial charge in [-0.15, -0.1) is 24.0 Å². The molecule has 0 atom stereocenters. The molecule has 0 amide bonds. The van der Waals surface area contributed by atoms with Crippen LogP contribution in [-0.4, -0.2) is 22.3 Å². The Morgan fingerprint density at radius 1 is 1.29 bits per heavy atom. The maximum atomic E-state index is 9.69. The van der Waals surface area contributed by atoms with Crippen molar-refractivity contribution in [2.75, 3.05) is 0 Å². The van der Waals surface area contributed by atoms with Gasteiger partial charge in [0.1, 0.15) is 5.75 Å². The van der Waals surface area contributed by atoms with Crippen molar-refractivity contribution in [3.63, 3.8) is 0 Å². The molecule has 0 aliphatic carbocycles. The Balaban J connectivity index is 2.76. The summed E-state index contributed by atoms with van der Waals surface area (Å²) in [6.07, 6.45) is 0. The molecule has 1 heterocycles. The molecule has 0 saturated heterocycles. The normalized spacial score (nSPS) is 10.8. The molecule has 2 aromatic rings. The number of thiol groups is 1. The molecular weight excluding hydrogens is 219 g/mol. The van der Waals surface area contributed by atoms with E-state index in [1.54, 1.807) is 11.4 Å². The fourth-order valence-corrected chi connectivity index (χ4v) is 2.60. The summed E-state index contributed by atoms with van der Waals surface area (Å²) in [6.45, 7) is 0. The quantitative estimate of drug-likeness (QED) is 0.425. The number of aromatic hydroxyl groups is 1. The number of hydrogen-bond acceptors (Lipinski definition) is 5. The molecule has 72 valence electrons. The number of benzene rings is 1. The van der Waals surface area contributed by atoms with Gasteiger partial charge in [-0.05, 0) is 0 Å². The van der Waals surface area contributed by atoms with Crippen LogP contribution in [0.4, 0.5) is 0 Å². The minimum absolute atomic E-state index is 0.0807. The Kier molecular flexibility index (Phi) is 2.44. The topological polar surface area (TPSA) is 60.7 Å². The van der Waals surface area contributed by atoms with Gasteiger partial charge in [-0.2, -0.15) is 0 Å². The molecule has 0 bridgehead atoms. The predicted octanol–water partition coefficient (Wildman–Crippen LogP) is 0.575. The lowest BCUT2D eigenvalue weighted by atomic mass is 9.79. The first-order chi connectivity index (χ1) is 6.61. The highest BCUT2D eigenvalue weighted by molar-refractivity contribution is 7.80. The van der Waals surface area contributed by atoms with Crippen molar-refractivity contribution in [1.29, 1.82) is 0 Å². The second kappa shape index (κ2) is 3.47. The van der Waals surface area contributed by atoms with Gasteiger partial charge < -0.3 is 15.2 Å². The van der Waals surface area contributed by atoms with E-state index in [9.17, 15) is 5.11 Å². The van der Waals surface area contributed by atoms with E-state index in [2.05, 4.69) is 12.6 Å². The third-order valence-electron chi connectivity index (χ3n) is 2.01. The van der Waals surface area contributed by atoms with E-state index < -0.39 is 7.12 Å². The Morgan fingerprint density at radius 3 is 2.64 bits per heavy atom. The number of hydrogen-bond donors (Lipinski definition) is 4. The first-order valence-electron chi connectivity index (χ1n) is 3.89. The highest BCUT2D eigenvalue weighted by atomic mass is 32.1. The van der Waals surface area contributed by atoms with E-state index >= 15 is 0 Å². The molecule has 0 saturated carbocycles. The molecular formula is C8H7BO3S2. The lowest BCUT2D eigenvalue weighted by molar-refractivity contribution is 0.420. The molecule has 2 rings (SSSR count). The summed E-state index contributed by atoms with van der Waals surface area (Å²) in [6, 6.07) is 3.19. The standard InChI is InChI=1S/C8H7BO3S2/c10-7-5(9(11)12)2-1-4-6(13)3-14-8(4)7/h1-3,10-13H. The second-order valence-corrected chi connectivity index (χ2v) is 4.24. The highest BCUT2D eigenvalue weighted by Crippen LogP contribution is 2.33. The monoisotopic (exact) mass is 226 g/mol. The van der Waals surface area contributed by atoms with Gasteiger partial charge in [0.25, 0.3) is 0 Å². The Morgan fingerprint density at radius 2 is 2.00 bits per heavy atom. The van der Waals surface area contributed by atoms with Crippen LogP contribution in [0.5, 0.6) is 5.75 Å². The minimum atomic E-state index is -1.65. The third kappa shape index (κ3) is 1.40. The molecule has 1 aromatic carbocycles. The van der Waals surface area contributed by atoms with Crippen molar-refractivity contribution in [3.05, 3.63) is 17.5 Å². The van der Waals surface area contributed by atoms with Crippen molar-refractivity contribution in [2.45, 2.75) is 4.90 Å². The van der Waals surface area contributed by atoms with E-state index in [-0.39, 0.29) is 11.2 Å². The largest absolute Gasteiger partial charge is 0.507 e. The zero-order valence-electron chi connectivity index (χ0n) is 7.01. The van der Waals surface area contributed by atoms with Crippen LogP contribution in [-0.2, 0) is 0 Å². The van der Waals surface area contributed by atoms with Gasteiger partial charge in [-0.25, -0.2) is 0 Å². The number of rotatable bonds is 1. The van der Waals surface area contributed by atoms with Crippen molar-refractivity contribution >= 4 is 46.6 Å². The van der Waals surface area contributed by atoms with Crippen molar-refractivity contribution in [3.8, 4) is 5.75 Å². The maximum absolute atomic E-state index is 9.69. The van der Waals surface area contributed by atoms with Crippen LogP contribution in [0, 0.1) is 0 Å². The lowest BCUT2D eigenvalue weighted by Gasteiger charge is -2.03. The van der Waals surface area contributed by atoms with Crippen LogP contribution in [0.1, 0.15) is 0 Å².